The molecule has 5 nitrogen and oxygen atoms in total. The van der Waals surface area contributed by atoms with E-state index in [0.717, 1.165) is 11.1 Å². The molecule has 0 aliphatic carbocycles. The van der Waals surface area contributed by atoms with Crippen LogP contribution in [0.5, 0.6) is 0 Å². The molecule has 23 heavy (non-hydrogen) atoms. The minimum absolute atomic E-state index is 0.0578. The third kappa shape index (κ3) is 5.35. The molecule has 0 amide bonds. The lowest BCUT2D eigenvalue weighted by Crippen LogP contribution is -2.30. The lowest BCUT2D eigenvalue weighted by Gasteiger charge is -2.08. The molecule has 1 N–H and O–H groups in total. The van der Waals surface area contributed by atoms with Gasteiger partial charge in [0.2, 0.25) is 10.0 Å². The summed E-state index contributed by atoms with van der Waals surface area (Å²) in [6.07, 6.45) is 0. The van der Waals surface area contributed by atoms with Crippen molar-refractivity contribution >= 4 is 27.6 Å². The molecule has 0 bridgehead atoms. The fraction of sp³-hybridized carbons (Fsp3) is 0.188. The first-order valence-corrected chi connectivity index (χ1v) is 8.69. The average molecular weight is 354 g/mol. The highest BCUT2D eigenvalue weighted by Gasteiger charge is 2.15. The van der Waals surface area contributed by atoms with Gasteiger partial charge in [-0.25, -0.2) is 8.42 Å². The van der Waals surface area contributed by atoms with E-state index in [4.69, 9.17) is 16.3 Å². The van der Waals surface area contributed by atoms with Crippen molar-refractivity contribution in [2.45, 2.75) is 18.4 Å². The highest BCUT2D eigenvalue weighted by molar-refractivity contribution is 7.89. The maximum Gasteiger partial charge on any atom is 0.321 e. The molecule has 2 rings (SSSR count). The minimum atomic E-state index is -3.73. The maximum absolute atomic E-state index is 12.0. The zero-order valence-electron chi connectivity index (χ0n) is 12.5. The van der Waals surface area contributed by atoms with Crippen LogP contribution < -0.4 is 4.72 Å². The van der Waals surface area contributed by atoms with Gasteiger partial charge in [-0.3, -0.25) is 4.79 Å². The van der Waals surface area contributed by atoms with Crippen LogP contribution in [-0.4, -0.2) is 20.9 Å². The molecule has 0 aliphatic heterocycles. The lowest BCUT2D eigenvalue weighted by molar-refractivity contribution is -0.143. The smallest absolute Gasteiger partial charge is 0.321 e. The van der Waals surface area contributed by atoms with Gasteiger partial charge in [-0.1, -0.05) is 41.4 Å². The second kappa shape index (κ2) is 7.59. The van der Waals surface area contributed by atoms with E-state index in [1.54, 1.807) is 36.4 Å². The van der Waals surface area contributed by atoms with E-state index in [2.05, 4.69) is 4.72 Å². The normalized spacial score (nSPS) is 11.2. The largest absolute Gasteiger partial charge is 0.460 e. The molecule has 0 atom stereocenters. The SMILES string of the molecule is Cc1ccc(S(=O)(=O)NCC(=O)OCc2ccc(Cl)cc2)cc1. The Morgan fingerprint density at radius 3 is 2.30 bits per heavy atom. The van der Waals surface area contributed by atoms with Crippen LogP contribution in [0.2, 0.25) is 5.02 Å². The van der Waals surface area contributed by atoms with E-state index in [0.29, 0.717) is 5.02 Å². The van der Waals surface area contributed by atoms with Crippen molar-refractivity contribution < 1.29 is 17.9 Å². The summed E-state index contributed by atoms with van der Waals surface area (Å²) in [4.78, 5) is 11.7. The first kappa shape index (κ1) is 17.5. The Morgan fingerprint density at radius 1 is 1.09 bits per heavy atom. The van der Waals surface area contributed by atoms with E-state index in [1.165, 1.54) is 12.1 Å². The Kier molecular flexibility index (Phi) is 5.76. The molecule has 0 fully saturated rings. The topological polar surface area (TPSA) is 72.5 Å². The van der Waals surface area contributed by atoms with Crippen LogP contribution >= 0.6 is 11.6 Å². The Hall–Kier alpha value is -1.89. The van der Waals surface area contributed by atoms with Gasteiger partial charge in [-0.05, 0) is 36.8 Å². The number of sulfonamides is 1. The number of rotatable bonds is 6. The number of esters is 1. The van der Waals surface area contributed by atoms with Crippen LogP contribution in [0.25, 0.3) is 0 Å². The second-order valence-electron chi connectivity index (χ2n) is 4.92. The number of halogens is 1. The van der Waals surface area contributed by atoms with Crippen molar-refractivity contribution in [3.63, 3.8) is 0 Å². The molecular formula is C16H16ClNO4S. The van der Waals surface area contributed by atoms with Crippen molar-refractivity contribution in [3.8, 4) is 0 Å². The average Bonchev–Trinajstić information content (AvgIpc) is 2.53. The lowest BCUT2D eigenvalue weighted by atomic mass is 10.2. The molecule has 0 heterocycles. The molecule has 0 aromatic heterocycles. The number of carbonyl (C=O) groups excluding carboxylic acids is 1. The third-order valence-electron chi connectivity index (χ3n) is 3.05. The van der Waals surface area contributed by atoms with E-state index in [1.807, 2.05) is 6.92 Å². The predicted octanol–water partition coefficient (Wildman–Crippen LogP) is 2.67. The van der Waals surface area contributed by atoms with Gasteiger partial charge in [-0.15, -0.1) is 0 Å². The Morgan fingerprint density at radius 2 is 1.70 bits per heavy atom. The van der Waals surface area contributed by atoms with Crippen LogP contribution in [-0.2, 0) is 26.2 Å². The molecule has 0 saturated carbocycles. The standard InChI is InChI=1S/C16H16ClNO4S/c1-12-2-8-15(9-3-12)23(20,21)18-10-16(19)22-11-13-4-6-14(17)7-5-13/h2-9,18H,10-11H2,1H3. The highest BCUT2D eigenvalue weighted by Crippen LogP contribution is 2.11. The number of benzene rings is 2. The second-order valence-corrected chi connectivity index (χ2v) is 7.13. The fourth-order valence-corrected chi connectivity index (χ4v) is 2.85. The van der Waals surface area contributed by atoms with E-state index in [-0.39, 0.29) is 11.5 Å². The van der Waals surface area contributed by atoms with Crippen molar-refractivity contribution in [1.82, 2.24) is 4.72 Å². The molecule has 2 aromatic carbocycles. The predicted molar refractivity (Wildman–Crippen MR) is 87.6 cm³/mol. The highest BCUT2D eigenvalue weighted by atomic mass is 35.5. The summed E-state index contributed by atoms with van der Waals surface area (Å²) in [5, 5.41) is 0.589. The monoisotopic (exact) mass is 353 g/mol. The Labute approximate surface area is 140 Å². The summed E-state index contributed by atoms with van der Waals surface area (Å²) >= 11 is 5.76. The van der Waals surface area contributed by atoms with Gasteiger partial charge >= 0.3 is 5.97 Å². The number of nitrogens with one attached hydrogen (secondary N) is 1. The Balaban J connectivity index is 1.86. The first-order valence-electron chi connectivity index (χ1n) is 6.83. The van der Waals surface area contributed by atoms with Gasteiger partial charge in [0.25, 0.3) is 0 Å². The zero-order chi connectivity index (χ0) is 16.9. The van der Waals surface area contributed by atoms with Crippen molar-refractivity contribution in [2.75, 3.05) is 6.54 Å². The minimum Gasteiger partial charge on any atom is -0.460 e. The van der Waals surface area contributed by atoms with Crippen LogP contribution in [0.3, 0.4) is 0 Å². The number of hydrogen-bond acceptors (Lipinski definition) is 4. The quantitative estimate of drug-likeness (QED) is 0.810. The molecule has 7 heteroatoms. The van der Waals surface area contributed by atoms with Crippen molar-refractivity contribution in [1.29, 1.82) is 0 Å². The summed E-state index contributed by atoms with van der Waals surface area (Å²) in [5.74, 6) is -0.657. The first-order chi connectivity index (χ1) is 10.9. The fourth-order valence-electron chi connectivity index (χ4n) is 1.75. The molecular weight excluding hydrogens is 338 g/mol. The maximum atomic E-state index is 12.0. The summed E-state index contributed by atoms with van der Waals surface area (Å²) in [6.45, 7) is 1.49. The molecule has 0 radical (unpaired) electrons. The van der Waals surface area contributed by atoms with Gasteiger partial charge < -0.3 is 4.74 Å². The molecule has 0 spiro atoms. The summed E-state index contributed by atoms with van der Waals surface area (Å²) in [7, 11) is -3.73. The molecule has 0 unspecified atom stereocenters. The van der Waals surface area contributed by atoms with E-state index < -0.39 is 22.5 Å². The van der Waals surface area contributed by atoms with Gasteiger partial charge in [0, 0.05) is 5.02 Å². The Bertz CT molecular complexity index is 771. The number of carbonyl (C=O) groups is 1. The molecule has 0 aliphatic rings. The summed E-state index contributed by atoms with van der Waals surface area (Å²) in [5.41, 5.74) is 1.72. The van der Waals surface area contributed by atoms with Gasteiger partial charge in [0.15, 0.2) is 0 Å². The molecule has 122 valence electrons. The van der Waals surface area contributed by atoms with Gasteiger partial charge in [-0.2, -0.15) is 4.72 Å². The summed E-state index contributed by atoms with van der Waals surface area (Å²) in [6, 6.07) is 13.2. The zero-order valence-corrected chi connectivity index (χ0v) is 14.0. The third-order valence-corrected chi connectivity index (χ3v) is 4.72. The van der Waals surface area contributed by atoms with Crippen LogP contribution in [0.1, 0.15) is 11.1 Å². The number of ether oxygens (including phenoxy) is 1. The molecule has 2 aromatic rings. The van der Waals surface area contributed by atoms with Crippen LogP contribution in [0.4, 0.5) is 0 Å². The van der Waals surface area contributed by atoms with E-state index in [9.17, 15) is 13.2 Å². The molecule has 0 saturated heterocycles. The number of hydrogen-bond donors (Lipinski definition) is 1. The van der Waals surface area contributed by atoms with Crippen molar-refractivity contribution in [2.24, 2.45) is 0 Å². The number of aryl methyl sites for hydroxylation is 1. The van der Waals surface area contributed by atoms with Gasteiger partial charge in [0.1, 0.15) is 13.2 Å². The van der Waals surface area contributed by atoms with Crippen LogP contribution in [0.15, 0.2) is 53.4 Å². The van der Waals surface area contributed by atoms with Gasteiger partial charge in [0.05, 0.1) is 4.90 Å². The van der Waals surface area contributed by atoms with Crippen LogP contribution in [0, 0.1) is 6.92 Å². The van der Waals surface area contributed by atoms with Crippen molar-refractivity contribution in [3.05, 3.63) is 64.7 Å². The van der Waals surface area contributed by atoms with E-state index >= 15 is 0 Å². The summed E-state index contributed by atoms with van der Waals surface area (Å²) < 4.78 is 31.3.